The number of pyridine rings is 1. The second kappa shape index (κ2) is 3.41. The van der Waals surface area contributed by atoms with Crippen LogP contribution in [0.15, 0.2) is 16.9 Å². The van der Waals surface area contributed by atoms with Crippen LogP contribution in [-0.2, 0) is 13.2 Å². The molecule has 7 heteroatoms. The molecule has 15 heavy (non-hydrogen) atoms. The van der Waals surface area contributed by atoms with Gasteiger partial charge in [-0.2, -0.15) is 13.2 Å². The largest absolute Gasteiger partial charge is 0.478 e. The lowest BCUT2D eigenvalue weighted by Crippen LogP contribution is -2.26. The van der Waals surface area contributed by atoms with Gasteiger partial charge in [0.15, 0.2) is 0 Å². The molecule has 1 aromatic heterocycles. The maximum atomic E-state index is 12.3. The number of aromatic carboxylic acids is 1. The molecule has 0 fully saturated rings. The maximum absolute atomic E-state index is 12.3. The van der Waals surface area contributed by atoms with Crippen LogP contribution in [0, 0.1) is 0 Å². The Morgan fingerprint density at radius 3 is 2.33 bits per heavy atom. The average Bonchev–Trinajstić information content (AvgIpc) is 2.06. The van der Waals surface area contributed by atoms with E-state index in [1.807, 2.05) is 0 Å². The molecule has 0 aromatic carbocycles. The summed E-state index contributed by atoms with van der Waals surface area (Å²) in [6.45, 7) is 0. The molecule has 0 unspecified atom stereocenters. The van der Waals surface area contributed by atoms with Crippen LogP contribution in [0.4, 0.5) is 13.2 Å². The molecule has 0 amide bonds. The van der Waals surface area contributed by atoms with Crippen LogP contribution in [0.1, 0.15) is 16.1 Å². The predicted molar refractivity (Wildman–Crippen MR) is 43.6 cm³/mol. The van der Waals surface area contributed by atoms with E-state index in [2.05, 4.69) is 0 Å². The molecule has 0 saturated heterocycles. The van der Waals surface area contributed by atoms with Crippen molar-refractivity contribution in [3.05, 3.63) is 33.7 Å². The van der Waals surface area contributed by atoms with Gasteiger partial charge in [0.25, 0.3) is 5.56 Å². The van der Waals surface area contributed by atoms with Crippen molar-refractivity contribution in [1.82, 2.24) is 4.57 Å². The standard InChI is InChI=1S/C8H6F3NO3/c1-12-5(8(9,10)11)2-4(7(14)15)3-6(12)13/h2-3H,1H3,(H,14,15). The van der Waals surface area contributed by atoms with Gasteiger partial charge in [0.05, 0.1) is 5.56 Å². The molecule has 0 radical (unpaired) electrons. The first-order valence-corrected chi connectivity index (χ1v) is 3.75. The Morgan fingerprint density at radius 1 is 1.40 bits per heavy atom. The van der Waals surface area contributed by atoms with Crippen molar-refractivity contribution in [2.24, 2.45) is 7.05 Å². The van der Waals surface area contributed by atoms with Crippen LogP contribution in [0.25, 0.3) is 0 Å². The Labute approximate surface area is 81.6 Å². The molecule has 82 valence electrons. The lowest BCUT2D eigenvalue weighted by atomic mass is 10.2. The zero-order valence-electron chi connectivity index (χ0n) is 7.50. The topological polar surface area (TPSA) is 59.3 Å². The Kier molecular flexibility index (Phi) is 2.57. The monoisotopic (exact) mass is 221 g/mol. The fourth-order valence-electron chi connectivity index (χ4n) is 1.03. The summed E-state index contributed by atoms with van der Waals surface area (Å²) in [6.07, 6.45) is -4.75. The Hall–Kier alpha value is -1.79. The van der Waals surface area contributed by atoms with E-state index >= 15 is 0 Å². The number of alkyl halides is 3. The summed E-state index contributed by atoms with van der Waals surface area (Å²) in [5.74, 6) is -1.57. The maximum Gasteiger partial charge on any atom is 0.431 e. The number of rotatable bonds is 1. The third-order valence-corrected chi connectivity index (χ3v) is 1.80. The second-order valence-electron chi connectivity index (χ2n) is 2.83. The highest BCUT2D eigenvalue weighted by atomic mass is 19.4. The summed E-state index contributed by atoms with van der Waals surface area (Å²) in [6, 6.07) is 1.06. The molecule has 0 aliphatic rings. The smallest absolute Gasteiger partial charge is 0.431 e. The number of carboxylic acid groups (broad SMARTS) is 1. The SMILES string of the molecule is Cn1c(C(F)(F)F)cc(C(=O)O)cc1=O. The van der Waals surface area contributed by atoms with Gasteiger partial charge < -0.3 is 9.67 Å². The zero-order chi connectivity index (χ0) is 11.8. The molecule has 4 nitrogen and oxygen atoms in total. The summed E-state index contributed by atoms with van der Waals surface area (Å²) in [4.78, 5) is 21.4. The highest BCUT2D eigenvalue weighted by Gasteiger charge is 2.34. The van der Waals surface area contributed by atoms with Crippen LogP contribution in [-0.4, -0.2) is 15.6 Å². The van der Waals surface area contributed by atoms with Gasteiger partial charge in [0.1, 0.15) is 5.69 Å². The van der Waals surface area contributed by atoms with Crippen molar-refractivity contribution < 1.29 is 23.1 Å². The number of aromatic nitrogens is 1. The number of carbonyl (C=O) groups is 1. The van der Waals surface area contributed by atoms with Crippen LogP contribution in [0.2, 0.25) is 0 Å². The number of nitrogens with zero attached hydrogens (tertiary/aromatic N) is 1. The van der Waals surface area contributed by atoms with Gasteiger partial charge in [-0.05, 0) is 6.07 Å². The quantitative estimate of drug-likeness (QED) is 0.772. The minimum Gasteiger partial charge on any atom is -0.478 e. The number of hydrogen-bond donors (Lipinski definition) is 1. The van der Waals surface area contributed by atoms with E-state index in [0.29, 0.717) is 16.7 Å². The van der Waals surface area contributed by atoms with E-state index in [1.54, 1.807) is 0 Å². The van der Waals surface area contributed by atoms with Gasteiger partial charge >= 0.3 is 12.1 Å². The van der Waals surface area contributed by atoms with Crippen LogP contribution in [0.3, 0.4) is 0 Å². The molecule has 1 N–H and O–H groups in total. The van der Waals surface area contributed by atoms with Crippen LogP contribution >= 0.6 is 0 Å². The molecule has 0 saturated carbocycles. The van der Waals surface area contributed by atoms with E-state index in [-0.39, 0.29) is 0 Å². The molecule has 0 atom stereocenters. The van der Waals surface area contributed by atoms with Gasteiger partial charge in [-0.3, -0.25) is 4.79 Å². The molecule has 0 spiro atoms. The lowest BCUT2D eigenvalue weighted by Gasteiger charge is -2.11. The number of halogens is 3. The molecular formula is C8H6F3NO3. The Balaban J connectivity index is 3.52. The summed E-state index contributed by atoms with van der Waals surface area (Å²) < 4.78 is 37.3. The third kappa shape index (κ3) is 2.17. The summed E-state index contributed by atoms with van der Waals surface area (Å²) in [5, 5.41) is 8.47. The predicted octanol–water partition coefficient (Wildman–Crippen LogP) is 1.10. The fourth-order valence-corrected chi connectivity index (χ4v) is 1.03. The van der Waals surface area contributed by atoms with E-state index in [1.165, 1.54) is 0 Å². The van der Waals surface area contributed by atoms with Crippen molar-refractivity contribution >= 4 is 5.97 Å². The van der Waals surface area contributed by atoms with Crippen LogP contribution < -0.4 is 5.56 Å². The molecule has 0 bridgehead atoms. The van der Waals surface area contributed by atoms with Gasteiger partial charge in [-0.15, -0.1) is 0 Å². The first-order chi connectivity index (χ1) is 6.73. The molecule has 1 rings (SSSR count). The fraction of sp³-hybridized carbons (Fsp3) is 0.250. The van der Waals surface area contributed by atoms with Crippen molar-refractivity contribution in [2.75, 3.05) is 0 Å². The van der Waals surface area contributed by atoms with Crippen molar-refractivity contribution in [1.29, 1.82) is 0 Å². The average molecular weight is 221 g/mol. The van der Waals surface area contributed by atoms with Crippen molar-refractivity contribution in [3.8, 4) is 0 Å². The van der Waals surface area contributed by atoms with E-state index in [9.17, 15) is 22.8 Å². The van der Waals surface area contributed by atoms with Gasteiger partial charge in [-0.1, -0.05) is 0 Å². The summed E-state index contributed by atoms with van der Waals surface area (Å²) in [5.41, 5.74) is -2.97. The molecule has 1 heterocycles. The molecule has 0 aliphatic carbocycles. The van der Waals surface area contributed by atoms with Crippen molar-refractivity contribution in [3.63, 3.8) is 0 Å². The molecular weight excluding hydrogens is 215 g/mol. The zero-order valence-corrected chi connectivity index (χ0v) is 7.50. The lowest BCUT2D eigenvalue weighted by molar-refractivity contribution is -0.143. The first-order valence-electron chi connectivity index (χ1n) is 3.75. The first kappa shape index (κ1) is 11.3. The van der Waals surface area contributed by atoms with E-state index < -0.39 is 29.0 Å². The number of carboxylic acids is 1. The Bertz CT molecular complexity index is 461. The second-order valence-corrected chi connectivity index (χ2v) is 2.83. The Morgan fingerprint density at radius 2 is 1.93 bits per heavy atom. The normalized spacial score (nSPS) is 11.5. The molecule has 0 aliphatic heterocycles. The summed E-state index contributed by atoms with van der Waals surface area (Å²) in [7, 11) is 0.927. The third-order valence-electron chi connectivity index (χ3n) is 1.80. The van der Waals surface area contributed by atoms with Crippen molar-refractivity contribution in [2.45, 2.75) is 6.18 Å². The minimum absolute atomic E-state index is 0.354. The van der Waals surface area contributed by atoms with Gasteiger partial charge in [-0.25, -0.2) is 4.79 Å². The minimum atomic E-state index is -4.75. The molecule has 1 aromatic rings. The summed E-state index contributed by atoms with van der Waals surface area (Å²) >= 11 is 0. The van der Waals surface area contributed by atoms with Gasteiger partial charge in [0.2, 0.25) is 0 Å². The van der Waals surface area contributed by atoms with E-state index in [0.717, 1.165) is 7.05 Å². The highest BCUT2D eigenvalue weighted by molar-refractivity contribution is 5.87. The number of hydrogen-bond acceptors (Lipinski definition) is 2. The highest BCUT2D eigenvalue weighted by Crippen LogP contribution is 2.28. The van der Waals surface area contributed by atoms with E-state index in [4.69, 9.17) is 5.11 Å². The van der Waals surface area contributed by atoms with Gasteiger partial charge in [0, 0.05) is 13.1 Å². The van der Waals surface area contributed by atoms with Crippen LogP contribution in [0.5, 0.6) is 0 Å².